The molecule has 3 rings (SSSR count). The smallest absolute Gasteiger partial charge is 0.218 e. The minimum absolute atomic E-state index is 0.0207. The minimum Gasteiger partial charge on any atom is -0.438 e. The maximum Gasteiger partial charge on any atom is 0.218 e. The zero-order valence-electron chi connectivity index (χ0n) is 15.1. The topological polar surface area (TPSA) is 74.3 Å². The molecule has 1 saturated heterocycles. The van der Waals surface area contributed by atoms with Crippen LogP contribution in [-0.4, -0.2) is 18.9 Å². The molecule has 0 saturated carbocycles. The van der Waals surface area contributed by atoms with Crippen molar-refractivity contribution >= 4 is 22.6 Å². The lowest BCUT2D eigenvalue weighted by Crippen LogP contribution is -2.38. The van der Waals surface area contributed by atoms with Gasteiger partial charge in [-0.25, -0.2) is 0 Å². The van der Waals surface area contributed by atoms with Crippen LogP contribution in [0, 0.1) is 23.7 Å². The van der Waals surface area contributed by atoms with Crippen LogP contribution >= 0.6 is 0 Å². The van der Waals surface area contributed by atoms with Crippen LogP contribution in [0.3, 0.4) is 0 Å². The van der Waals surface area contributed by atoms with Gasteiger partial charge in [0.2, 0.25) is 11.3 Å². The number of hydrogen-bond donors (Lipinski definition) is 0. The SMILES string of the molecule is CC(=O)c1cc(C)cc2c(=O)c(C#N)c(N3CCC(C)(C)CC3)oc12. The largest absolute Gasteiger partial charge is 0.438 e. The van der Waals surface area contributed by atoms with Crippen LogP contribution in [0.25, 0.3) is 11.0 Å². The highest BCUT2D eigenvalue weighted by Gasteiger charge is 2.29. The number of nitriles is 1. The molecule has 1 aromatic heterocycles. The summed E-state index contributed by atoms with van der Waals surface area (Å²) in [5, 5.41) is 9.83. The van der Waals surface area contributed by atoms with Gasteiger partial charge in [-0.15, -0.1) is 0 Å². The molecular weight excluding hydrogens is 316 g/mol. The van der Waals surface area contributed by atoms with Crippen molar-refractivity contribution in [2.45, 2.75) is 40.5 Å². The number of hydrogen-bond acceptors (Lipinski definition) is 5. The predicted molar refractivity (Wildman–Crippen MR) is 97.2 cm³/mol. The molecule has 0 aliphatic carbocycles. The van der Waals surface area contributed by atoms with Gasteiger partial charge in [-0.1, -0.05) is 13.8 Å². The van der Waals surface area contributed by atoms with Crippen LogP contribution < -0.4 is 10.3 Å². The fraction of sp³-hybridized carbons (Fsp3) is 0.450. The quantitative estimate of drug-likeness (QED) is 0.779. The van der Waals surface area contributed by atoms with Crippen molar-refractivity contribution in [3.05, 3.63) is 39.0 Å². The van der Waals surface area contributed by atoms with E-state index in [4.69, 9.17) is 4.42 Å². The van der Waals surface area contributed by atoms with Crippen molar-refractivity contribution in [3.8, 4) is 6.07 Å². The fourth-order valence-electron chi connectivity index (χ4n) is 3.33. The molecule has 1 aliphatic heterocycles. The molecule has 5 nitrogen and oxygen atoms in total. The third-order valence-corrected chi connectivity index (χ3v) is 5.01. The number of ketones is 1. The number of carbonyl (C=O) groups is 1. The summed E-state index contributed by atoms with van der Waals surface area (Å²) in [5.41, 5.74) is 1.35. The van der Waals surface area contributed by atoms with E-state index >= 15 is 0 Å². The molecule has 25 heavy (non-hydrogen) atoms. The van der Waals surface area contributed by atoms with Gasteiger partial charge in [0.05, 0.1) is 10.9 Å². The minimum atomic E-state index is -0.366. The highest BCUT2D eigenvalue weighted by Crippen LogP contribution is 2.34. The van der Waals surface area contributed by atoms with Gasteiger partial charge in [0.15, 0.2) is 16.9 Å². The molecule has 0 N–H and O–H groups in total. The third kappa shape index (κ3) is 3.05. The van der Waals surface area contributed by atoms with Crippen molar-refractivity contribution < 1.29 is 9.21 Å². The summed E-state index contributed by atoms with van der Waals surface area (Å²) < 4.78 is 6.00. The molecule has 5 heteroatoms. The van der Waals surface area contributed by atoms with Crippen LogP contribution in [0.4, 0.5) is 5.88 Å². The van der Waals surface area contributed by atoms with E-state index < -0.39 is 0 Å². The predicted octanol–water partition coefficient (Wildman–Crippen LogP) is 3.80. The van der Waals surface area contributed by atoms with Crippen LogP contribution in [-0.2, 0) is 0 Å². The van der Waals surface area contributed by atoms with Crippen LogP contribution in [0.5, 0.6) is 0 Å². The Morgan fingerprint density at radius 2 is 1.92 bits per heavy atom. The number of carbonyl (C=O) groups excluding carboxylic acids is 1. The Balaban J connectivity index is 2.25. The van der Waals surface area contributed by atoms with Crippen molar-refractivity contribution in [1.82, 2.24) is 0 Å². The molecular formula is C20H22N2O3. The van der Waals surface area contributed by atoms with Crippen molar-refractivity contribution in [3.63, 3.8) is 0 Å². The number of benzene rings is 1. The van der Waals surface area contributed by atoms with Gasteiger partial charge < -0.3 is 9.32 Å². The van der Waals surface area contributed by atoms with E-state index in [0.29, 0.717) is 16.8 Å². The Labute approximate surface area is 146 Å². The van der Waals surface area contributed by atoms with E-state index in [2.05, 4.69) is 13.8 Å². The molecule has 1 aromatic carbocycles. The summed E-state index contributed by atoms with van der Waals surface area (Å²) in [7, 11) is 0. The summed E-state index contributed by atoms with van der Waals surface area (Å²) in [4.78, 5) is 26.8. The average molecular weight is 338 g/mol. The summed E-state index contributed by atoms with van der Waals surface area (Å²) in [6.45, 7) is 9.13. The zero-order chi connectivity index (χ0) is 18.4. The van der Waals surface area contributed by atoms with E-state index in [1.807, 2.05) is 17.9 Å². The Morgan fingerprint density at radius 3 is 2.48 bits per heavy atom. The second-order valence-electron chi connectivity index (χ2n) is 7.62. The molecule has 0 radical (unpaired) electrons. The monoisotopic (exact) mass is 338 g/mol. The molecule has 0 unspecified atom stereocenters. The van der Waals surface area contributed by atoms with Crippen molar-refractivity contribution in [2.24, 2.45) is 5.41 Å². The van der Waals surface area contributed by atoms with Gasteiger partial charge in [-0.3, -0.25) is 9.59 Å². The number of rotatable bonds is 2. The Morgan fingerprint density at radius 1 is 1.28 bits per heavy atom. The highest BCUT2D eigenvalue weighted by molar-refractivity contribution is 6.05. The molecule has 0 bridgehead atoms. The van der Waals surface area contributed by atoms with Gasteiger partial charge in [-0.2, -0.15) is 5.26 Å². The van der Waals surface area contributed by atoms with Gasteiger partial charge in [0.1, 0.15) is 6.07 Å². The standard InChI is InChI=1S/C20H22N2O3/c1-12-9-14(13(2)23)18-15(10-12)17(24)16(11-21)19(25-18)22-7-5-20(3,4)6-8-22/h9-10H,5-8H2,1-4H3. The van der Waals surface area contributed by atoms with Crippen LogP contribution in [0.15, 0.2) is 21.3 Å². The third-order valence-electron chi connectivity index (χ3n) is 5.01. The van der Waals surface area contributed by atoms with Crippen molar-refractivity contribution in [1.29, 1.82) is 5.26 Å². The summed E-state index contributed by atoms with van der Waals surface area (Å²) >= 11 is 0. The zero-order valence-corrected chi connectivity index (χ0v) is 15.1. The van der Waals surface area contributed by atoms with Gasteiger partial charge >= 0.3 is 0 Å². The first-order valence-corrected chi connectivity index (χ1v) is 8.51. The van der Waals surface area contributed by atoms with E-state index in [-0.39, 0.29) is 27.8 Å². The second kappa shape index (κ2) is 6.03. The number of fused-ring (bicyclic) bond motifs is 1. The van der Waals surface area contributed by atoms with Gasteiger partial charge in [-0.05, 0) is 49.8 Å². The normalized spacial score (nSPS) is 16.7. The highest BCUT2D eigenvalue weighted by atomic mass is 16.4. The molecule has 0 spiro atoms. The molecule has 2 aromatic rings. The van der Waals surface area contributed by atoms with Crippen molar-refractivity contribution in [2.75, 3.05) is 18.0 Å². The first kappa shape index (κ1) is 17.2. The number of nitrogens with zero attached hydrogens (tertiary/aromatic N) is 2. The van der Waals surface area contributed by atoms with Gasteiger partial charge in [0, 0.05) is 13.1 Å². The number of Topliss-reactive ketones (excluding diaryl/α,β-unsaturated/α-hetero) is 1. The lowest BCUT2D eigenvalue weighted by Gasteiger charge is -2.37. The van der Waals surface area contributed by atoms with E-state index in [0.717, 1.165) is 31.5 Å². The Bertz CT molecular complexity index is 954. The molecule has 1 aliphatic rings. The second-order valence-corrected chi connectivity index (χ2v) is 7.62. The Hall–Kier alpha value is -2.61. The van der Waals surface area contributed by atoms with E-state index in [1.165, 1.54) is 6.92 Å². The summed E-state index contributed by atoms with van der Waals surface area (Å²) in [5.74, 6) is 0.133. The maximum atomic E-state index is 12.9. The lowest BCUT2D eigenvalue weighted by atomic mass is 9.82. The summed E-state index contributed by atoms with van der Waals surface area (Å²) in [6, 6.07) is 5.41. The Kier molecular flexibility index (Phi) is 4.16. The molecule has 0 atom stereocenters. The maximum absolute atomic E-state index is 12.9. The molecule has 1 fully saturated rings. The number of aryl methyl sites for hydroxylation is 1. The first-order valence-electron chi connectivity index (χ1n) is 8.51. The van der Waals surface area contributed by atoms with E-state index in [9.17, 15) is 14.9 Å². The number of piperidine rings is 1. The van der Waals surface area contributed by atoms with Crippen LogP contribution in [0.1, 0.15) is 55.1 Å². The van der Waals surface area contributed by atoms with E-state index in [1.54, 1.807) is 12.1 Å². The number of anilines is 1. The average Bonchev–Trinajstić information content (AvgIpc) is 2.54. The van der Waals surface area contributed by atoms with Crippen LogP contribution in [0.2, 0.25) is 0 Å². The lowest BCUT2D eigenvalue weighted by molar-refractivity contribution is 0.101. The van der Waals surface area contributed by atoms with Gasteiger partial charge in [0.25, 0.3) is 0 Å². The molecule has 2 heterocycles. The fourth-order valence-corrected chi connectivity index (χ4v) is 3.33. The molecule has 0 amide bonds. The summed E-state index contributed by atoms with van der Waals surface area (Å²) in [6.07, 6.45) is 1.90. The molecule has 130 valence electrons. The first-order chi connectivity index (χ1) is 11.7.